The SMILES string of the molecule is CC(=O)Nc1ccc(OC[C@H](O)Cn2c3ccc(Cl)cc3c3cc(Cl)ccc32)cc1. The van der Waals surface area contributed by atoms with Gasteiger partial charge in [0.25, 0.3) is 0 Å². The van der Waals surface area contributed by atoms with Crippen LogP contribution in [0.3, 0.4) is 0 Å². The predicted octanol–water partition coefficient (Wildman–Crippen LogP) is 5.50. The number of nitrogens with one attached hydrogen (secondary N) is 1. The van der Waals surface area contributed by atoms with Crippen molar-refractivity contribution in [1.82, 2.24) is 4.57 Å². The molecule has 0 spiro atoms. The molecule has 0 saturated heterocycles. The lowest BCUT2D eigenvalue weighted by molar-refractivity contribution is -0.114. The summed E-state index contributed by atoms with van der Waals surface area (Å²) in [5.74, 6) is 0.483. The summed E-state index contributed by atoms with van der Waals surface area (Å²) in [7, 11) is 0. The smallest absolute Gasteiger partial charge is 0.221 e. The second-order valence-electron chi connectivity index (χ2n) is 7.10. The van der Waals surface area contributed by atoms with Gasteiger partial charge in [-0.15, -0.1) is 0 Å². The molecule has 0 aliphatic rings. The third kappa shape index (κ3) is 4.38. The number of aliphatic hydroxyl groups is 1. The monoisotopic (exact) mass is 442 g/mol. The minimum atomic E-state index is -0.731. The molecule has 1 heterocycles. The fourth-order valence-electron chi connectivity index (χ4n) is 3.54. The van der Waals surface area contributed by atoms with Crippen LogP contribution in [0, 0.1) is 0 Å². The summed E-state index contributed by atoms with van der Waals surface area (Å²) in [5, 5.41) is 16.6. The van der Waals surface area contributed by atoms with Gasteiger partial charge in [-0.1, -0.05) is 23.2 Å². The number of fused-ring (bicyclic) bond motifs is 3. The highest BCUT2D eigenvalue weighted by Gasteiger charge is 2.15. The highest BCUT2D eigenvalue weighted by molar-refractivity contribution is 6.33. The number of aromatic nitrogens is 1. The molecule has 7 heteroatoms. The molecule has 2 N–H and O–H groups in total. The number of carbonyl (C=O) groups excluding carboxylic acids is 1. The Labute approximate surface area is 183 Å². The normalized spacial score (nSPS) is 12.3. The number of ether oxygens (including phenoxy) is 1. The molecule has 30 heavy (non-hydrogen) atoms. The quantitative estimate of drug-likeness (QED) is 0.414. The van der Waals surface area contributed by atoms with Crippen LogP contribution in [0.15, 0.2) is 60.7 Å². The number of aliphatic hydroxyl groups excluding tert-OH is 1. The summed E-state index contributed by atoms with van der Waals surface area (Å²) in [4.78, 5) is 11.1. The molecule has 154 valence electrons. The second kappa shape index (κ2) is 8.56. The van der Waals surface area contributed by atoms with Crippen LogP contribution < -0.4 is 10.1 Å². The first kappa shape index (κ1) is 20.5. The summed E-state index contributed by atoms with van der Waals surface area (Å²) < 4.78 is 7.77. The summed E-state index contributed by atoms with van der Waals surface area (Å²) in [6.45, 7) is 1.94. The molecule has 1 atom stereocenters. The number of hydrogen-bond donors (Lipinski definition) is 2. The maximum absolute atomic E-state index is 11.1. The van der Waals surface area contributed by atoms with Crippen molar-refractivity contribution in [3.8, 4) is 5.75 Å². The van der Waals surface area contributed by atoms with Crippen LogP contribution in [0.1, 0.15) is 6.92 Å². The van der Waals surface area contributed by atoms with Gasteiger partial charge in [0.05, 0.1) is 6.54 Å². The first-order valence-corrected chi connectivity index (χ1v) is 10.2. The van der Waals surface area contributed by atoms with Gasteiger partial charge in [0.15, 0.2) is 0 Å². The first-order valence-electron chi connectivity index (χ1n) is 9.46. The zero-order valence-electron chi connectivity index (χ0n) is 16.2. The molecule has 1 aromatic heterocycles. The molecule has 0 aliphatic heterocycles. The van der Waals surface area contributed by atoms with Crippen molar-refractivity contribution >= 4 is 56.6 Å². The Kier molecular flexibility index (Phi) is 5.86. The Balaban J connectivity index is 1.52. The van der Waals surface area contributed by atoms with Crippen LogP contribution in [0.25, 0.3) is 21.8 Å². The second-order valence-corrected chi connectivity index (χ2v) is 7.98. The average Bonchev–Trinajstić information content (AvgIpc) is 2.99. The lowest BCUT2D eigenvalue weighted by atomic mass is 10.1. The largest absolute Gasteiger partial charge is 0.491 e. The standard InChI is InChI=1S/C23H20Cl2N2O3/c1-14(28)26-17-4-6-19(7-5-17)30-13-18(29)12-27-22-8-2-15(24)10-20(22)21-11-16(25)3-9-23(21)27/h2-11,18,29H,12-13H2,1H3,(H,26,28)/t18-/m1/s1. The van der Waals surface area contributed by atoms with Gasteiger partial charge >= 0.3 is 0 Å². The fourth-order valence-corrected chi connectivity index (χ4v) is 3.88. The molecule has 4 rings (SSSR count). The maximum Gasteiger partial charge on any atom is 0.221 e. The Morgan fingerprint density at radius 1 is 1.00 bits per heavy atom. The lowest BCUT2D eigenvalue weighted by Crippen LogP contribution is -2.23. The maximum atomic E-state index is 11.1. The minimum absolute atomic E-state index is 0.127. The van der Waals surface area contributed by atoms with Gasteiger partial charge in [0.1, 0.15) is 18.5 Å². The molecule has 3 aromatic carbocycles. The van der Waals surface area contributed by atoms with E-state index in [0.29, 0.717) is 28.0 Å². The van der Waals surface area contributed by atoms with Gasteiger partial charge in [0, 0.05) is 44.5 Å². The Hall–Kier alpha value is -2.73. The van der Waals surface area contributed by atoms with Crippen molar-refractivity contribution in [1.29, 1.82) is 0 Å². The van der Waals surface area contributed by atoms with Crippen molar-refractivity contribution in [3.05, 3.63) is 70.7 Å². The van der Waals surface area contributed by atoms with Crippen molar-refractivity contribution in [2.45, 2.75) is 19.6 Å². The number of nitrogens with zero attached hydrogens (tertiary/aromatic N) is 1. The zero-order valence-corrected chi connectivity index (χ0v) is 17.7. The molecular weight excluding hydrogens is 423 g/mol. The third-order valence-electron chi connectivity index (χ3n) is 4.80. The Bertz CT molecular complexity index is 1160. The van der Waals surface area contributed by atoms with E-state index in [0.717, 1.165) is 21.8 Å². The molecule has 0 aliphatic carbocycles. The van der Waals surface area contributed by atoms with E-state index in [1.54, 1.807) is 24.3 Å². The Morgan fingerprint density at radius 2 is 1.57 bits per heavy atom. The van der Waals surface area contributed by atoms with Crippen molar-refractivity contribution in [3.63, 3.8) is 0 Å². The number of anilines is 1. The number of carbonyl (C=O) groups is 1. The van der Waals surface area contributed by atoms with Crippen LogP contribution >= 0.6 is 23.2 Å². The van der Waals surface area contributed by atoms with E-state index >= 15 is 0 Å². The van der Waals surface area contributed by atoms with Gasteiger partial charge in [-0.2, -0.15) is 0 Å². The highest BCUT2D eigenvalue weighted by Crippen LogP contribution is 2.33. The van der Waals surface area contributed by atoms with Crippen LogP contribution in [0.5, 0.6) is 5.75 Å². The molecule has 4 aromatic rings. The molecule has 1 amide bonds. The van der Waals surface area contributed by atoms with E-state index in [-0.39, 0.29) is 12.5 Å². The molecular formula is C23H20Cl2N2O3. The molecule has 0 bridgehead atoms. The van der Waals surface area contributed by atoms with Crippen LogP contribution in [0.4, 0.5) is 5.69 Å². The van der Waals surface area contributed by atoms with E-state index < -0.39 is 6.10 Å². The molecule has 0 saturated carbocycles. The number of hydrogen-bond acceptors (Lipinski definition) is 3. The topological polar surface area (TPSA) is 63.5 Å². The van der Waals surface area contributed by atoms with Gasteiger partial charge < -0.3 is 19.7 Å². The highest BCUT2D eigenvalue weighted by atomic mass is 35.5. The molecule has 0 fully saturated rings. The van der Waals surface area contributed by atoms with Crippen LogP contribution in [-0.2, 0) is 11.3 Å². The lowest BCUT2D eigenvalue weighted by Gasteiger charge is -2.15. The van der Waals surface area contributed by atoms with Crippen LogP contribution in [-0.4, -0.2) is 28.3 Å². The summed E-state index contributed by atoms with van der Waals surface area (Å²) in [6, 6.07) is 18.4. The third-order valence-corrected chi connectivity index (χ3v) is 5.27. The summed E-state index contributed by atoms with van der Waals surface area (Å²) >= 11 is 12.4. The molecule has 0 unspecified atom stereocenters. The van der Waals surface area contributed by atoms with Crippen molar-refractivity contribution in [2.75, 3.05) is 11.9 Å². The number of halogens is 2. The number of amides is 1. The van der Waals surface area contributed by atoms with Gasteiger partial charge in [-0.25, -0.2) is 0 Å². The van der Waals surface area contributed by atoms with Gasteiger partial charge in [0.2, 0.25) is 5.91 Å². The Morgan fingerprint density at radius 3 is 2.10 bits per heavy atom. The predicted molar refractivity (Wildman–Crippen MR) is 122 cm³/mol. The van der Waals surface area contributed by atoms with Crippen molar-refractivity contribution in [2.24, 2.45) is 0 Å². The average molecular weight is 443 g/mol. The summed E-state index contributed by atoms with van der Waals surface area (Å²) in [5.41, 5.74) is 2.63. The van der Waals surface area contributed by atoms with E-state index in [4.69, 9.17) is 27.9 Å². The van der Waals surface area contributed by atoms with Crippen molar-refractivity contribution < 1.29 is 14.6 Å². The summed E-state index contributed by atoms with van der Waals surface area (Å²) in [6.07, 6.45) is -0.731. The van der Waals surface area contributed by atoms with Gasteiger partial charge in [-0.05, 0) is 60.7 Å². The fraction of sp³-hybridized carbons (Fsp3) is 0.174. The van der Waals surface area contributed by atoms with E-state index in [9.17, 15) is 9.90 Å². The number of rotatable bonds is 6. The van der Waals surface area contributed by atoms with E-state index in [2.05, 4.69) is 5.32 Å². The minimum Gasteiger partial charge on any atom is -0.491 e. The molecule has 5 nitrogen and oxygen atoms in total. The van der Waals surface area contributed by atoms with Gasteiger partial charge in [-0.3, -0.25) is 4.79 Å². The van der Waals surface area contributed by atoms with E-state index in [1.165, 1.54) is 6.92 Å². The first-order chi connectivity index (χ1) is 14.4. The van der Waals surface area contributed by atoms with Crippen LogP contribution in [0.2, 0.25) is 10.0 Å². The number of benzene rings is 3. The molecule has 0 radical (unpaired) electrons. The zero-order chi connectivity index (χ0) is 21.3. The van der Waals surface area contributed by atoms with E-state index in [1.807, 2.05) is 41.0 Å².